The summed E-state index contributed by atoms with van der Waals surface area (Å²) < 4.78 is 36.2. The lowest BCUT2D eigenvalue weighted by Crippen LogP contribution is -2.22. The maximum atomic E-state index is 12.1. The number of rotatable bonds is 3. The number of hydrogen-bond donors (Lipinski definition) is 0. The van der Waals surface area contributed by atoms with Crippen LogP contribution in [-0.4, -0.2) is 17.8 Å². The van der Waals surface area contributed by atoms with E-state index >= 15 is 0 Å². The molecule has 0 atom stereocenters. The van der Waals surface area contributed by atoms with Crippen LogP contribution >= 0.6 is 11.6 Å². The monoisotopic (exact) mass is 248 g/mol. The highest BCUT2D eigenvalue weighted by Gasteiger charge is 2.38. The number of hydrogen-bond acceptors (Lipinski definition) is 1. The summed E-state index contributed by atoms with van der Waals surface area (Å²) >= 11 is 5.40. The summed E-state index contributed by atoms with van der Waals surface area (Å²) in [6.07, 6.45) is -1.51. The molecule has 1 nitrogen and oxygen atoms in total. The van der Waals surface area contributed by atoms with Gasteiger partial charge in [0.15, 0.2) is 0 Å². The molecule has 0 saturated carbocycles. The second kappa shape index (κ2) is 5.16. The number of carbonyl (C=O) groups excluding carboxylic acids is 1. The lowest BCUT2D eigenvalue weighted by molar-refractivity contribution is -0.0885. The van der Waals surface area contributed by atoms with Crippen LogP contribution in [-0.2, 0) is 0 Å². The van der Waals surface area contributed by atoms with E-state index in [0.717, 1.165) is 12.1 Å². The highest BCUT2D eigenvalue weighted by atomic mass is 35.5. The topological polar surface area (TPSA) is 17.1 Å². The van der Waals surface area contributed by atoms with Gasteiger partial charge in [-0.2, -0.15) is 13.2 Å². The molecule has 1 aromatic carbocycles. The molecule has 0 bridgehead atoms. The summed E-state index contributed by atoms with van der Waals surface area (Å²) in [7, 11) is 0. The Bertz CT molecular complexity index is 393. The molecular weight excluding hydrogens is 241 g/mol. The molecule has 5 heteroatoms. The quantitative estimate of drug-likeness (QED) is 0.589. The van der Waals surface area contributed by atoms with E-state index in [1.54, 1.807) is 12.2 Å². The van der Waals surface area contributed by atoms with Crippen molar-refractivity contribution in [3.63, 3.8) is 0 Å². The van der Waals surface area contributed by atoms with Gasteiger partial charge < -0.3 is 0 Å². The molecule has 0 unspecified atom stereocenters. The number of Topliss-reactive ketones (excluding diaryl/α,β-unsaturated/α-hetero) is 1. The van der Waals surface area contributed by atoms with E-state index in [4.69, 9.17) is 11.6 Å². The first-order chi connectivity index (χ1) is 7.45. The fraction of sp³-hybridized carbons (Fsp3) is 0.182. The Morgan fingerprint density at radius 1 is 1.25 bits per heavy atom. The van der Waals surface area contributed by atoms with Gasteiger partial charge in [0.05, 0.1) is 0 Å². The van der Waals surface area contributed by atoms with Crippen molar-refractivity contribution < 1.29 is 18.0 Å². The molecule has 0 amide bonds. The second-order valence-electron chi connectivity index (χ2n) is 3.01. The number of carbonyl (C=O) groups is 1. The molecule has 1 aromatic rings. The second-order valence-corrected chi connectivity index (χ2v) is 3.31. The van der Waals surface area contributed by atoms with Crippen LogP contribution in [0.1, 0.15) is 15.9 Å². The van der Waals surface area contributed by atoms with Crippen LogP contribution in [0, 0.1) is 0 Å². The van der Waals surface area contributed by atoms with Gasteiger partial charge >= 0.3 is 6.18 Å². The van der Waals surface area contributed by atoms with Crippen molar-refractivity contribution in [2.45, 2.75) is 6.18 Å². The van der Waals surface area contributed by atoms with Gasteiger partial charge in [-0.05, 0) is 5.56 Å². The van der Waals surface area contributed by atoms with Crippen molar-refractivity contribution in [2.24, 2.45) is 0 Å². The molecule has 0 N–H and O–H groups in total. The van der Waals surface area contributed by atoms with Crippen molar-refractivity contribution in [2.75, 3.05) is 5.88 Å². The zero-order valence-electron chi connectivity index (χ0n) is 8.09. The maximum absolute atomic E-state index is 12.1. The predicted octanol–water partition coefficient (Wildman–Crippen LogP) is 3.68. The molecule has 0 radical (unpaired) electrons. The van der Waals surface area contributed by atoms with Crippen LogP contribution in [0.15, 0.2) is 30.3 Å². The number of halogens is 4. The third-order valence-electron chi connectivity index (χ3n) is 1.83. The smallest absolute Gasteiger partial charge is 0.284 e. The van der Waals surface area contributed by atoms with Crippen molar-refractivity contribution in [1.29, 1.82) is 0 Å². The van der Waals surface area contributed by atoms with Gasteiger partial charge in [0.2, 0.25) is 0 Å². The van der Waals surface area contributed by atoms with E-state index in [-0.39, 0.29) is 5.56 Å². The summed E-state index contributed by atoms with van der Waals surface area (Å²) in [6.45, 7) is 0. The van der Waals surface area contributed by atoms with E-state index in [1.165, 1.54) is 12.1 Å². The maximum Gasteiger partial charge on any atom is 0.454 e. The van der Waals surface area contributed by atoms with Crippen LogP contribution < -0.4 is 0 Å². The summed E-state index contributed by atoms with van der Waals surface area (Å²) in [4.78, 5) is 10.8. The van der Waals surface area contributed by atoms with Crippen molar-refractivity contribution in [1.82, 2.24) is 0 Å². The molecule has 0 fully saturated rings. The fourth-order valence-electron chi connectivity index (χ4n) is 1.09. The molecule has 0 aliphatic carbocycles. The first-order valence-corrected chi connectivity index (χ1v) is 4.92. The third kappa shape index (κ3) is 3.38. The average molecular weight is 249 g/mol. The molecular formula is C11H8ClF3O. The molecule has 16 heavy (non-hydrogen) atoms. The molecule has 1 rings (SSSR count). The summed E-state index contributed by atoms with van der Waals surface area (Å²) in [5, 5.41) is 0. The first-order valence-electron chi connectivity index (χ1n) is 4.39. The van der Waals surface area contributed by atoms with Crippen molar-refractivity contribution >= 4 is 23.5 Å². The van der Waals surface area contributed by atoms with E-state index in [2.05, 4.69) is 0 Å². The average Bonchev–Trinajstić information content (AvgIpc) is 2.25. The Balaban J connectivity index is 2.87. The first kappa shape index (κ1) is 12.8. The van der Waals surface area contributed by atoms with Gasteiger partial charge in [0, 0.05) is 11.4 Å². The van der Waals surface area contributed by atoms with Gasteiger partial charge in [-0.25, -0.2) is 0 Å². The van der Waals surface area contributed by atoms with E-state index in [9.17, 15) is 18.0 Å². The normalized spacial score (nSPS) is 12.0. The van der Waals surface area contributed by atoms with Crippen LogP contribution in [0.5, 0.6) is 0 Å². The number of allylic oxidation sites excluding steroid dienone is 1. The third-order valence-corrected chi connectivity index (χ3v) is 2.01. The van der Waals surface area contributed by atoms with E-state index in [1.807, 2.05) is 0 Å². The van der Waals surface area contributed by atoms with Gasteiger partial charge in [-0.15, -0.1) is 11.6 Å². The molecule has 0 heterocycles. The molecule has 0 spiro atoms. The summed E-state index contributed by atoms with van der Waals surface area (Å²) in [5.41, 5.74) is 0.329. The summed E-state index contributed by atoms with van der Waals surface area (Å²) in [5.74, 6) is -1.51. The Morgan fingerprint density at radius 3 is 2.25 bits per heavy atom. The van der Waals surface area contributed by atoms with Crippen molar-refractivity contribution in [3.05, 3.63) is 41.5 Å². The van der Waals surface area contributed by atoms with Crippen molar-refractivity contribution in [3.8, 4) is 0 Å². The van der Waals surface area contributed by atoms with Crippen LogP contribution in [0.4, 0.5) is 13.2 Å². The molecule has 0 aliphatic rings. The standard InChI is InChI=1S/C11H8ClF3O/c12-7-1-2-8-3-5-9(6-4-8)10(16)11(13,14)15/h1-6H,7H2. The van der Waals surface area contributed by atoms with Gasteiger partial charge in [-0.1, -0.05) is 36.4 Å². The lowest BCUT2D eigenvalue weighted by Gasteiger charge is -2.04. The van der Waals surface area contributed by atoms with E-state index < -0.39 is 12.0 Å². The van der Waals surface area contributed by atoms with Gasteiger partial charge in [0.25, 0.3) is 5.78 Å². The van der Waals surface area contributed by atoms with Gasteiger partial charge in [0.1, 0.15) is 0 Å². The minimum atomic E-state index is -4.83. The van der Waals surface area contributed by atoms with Gasteiger partial charge in [-0.3, -0.25) is 4.79 Å². The number of ketones is 1. The Hall–Kier alpha value is -1.29. The summed E-state index contributed by atoms with van der Waals surface area (Å²) in [6, 6.07) is 5.15. The fourth-order valence-corrected chi connectivity index (χ4v) is 1.18. The molecule has 0 aliphatic heterocycles. The Labute approximate surface area is 95.5 Å². The van der Waals surface area contributed by atoms with Crippen LogP contribution in [0.25, 0.3) is 6.08 Å². The van der Waals surface area contributed by atoms with E-state index in [0.29, 0.717) is 11.4 Å². The Kier molecular flexibility index (Phi) is 4.12. The lowest BCUT2D eigenvalue weighted by atomic mass is 10.1. The number of alkyl halides is 4. The molecule has 0 saturated heterocycles. The molecule has 86 valence electrons. The minimum Gasteiger partial charge on any atom is -0.284 e. The number of benzene rings is 1. The SMILES string of the molecule is O=C(c1ccc(C=CCCl)cc1)C(F)(F)F. The largest absolute Gasteiger partial charge is 0.454 e. The molecule has 0 aromatic heterocycles. The highest BCUT2D eigenvalue weighted by molar-refractivity contribution is 6.19. The van der Waals surface area contributed by atoms with Crippen LogP contribution in [0.2, 0.25) is 0 Å². The Morgan fingerprint density at radius 2 is 1.81 bits per heavy atom. The van der Waals surface area contributed by atoms with Crippen LogP contribution in [0.3, 0.4) is 0 Å². The minimum absolute atomic E-state index is 0.323. The zero-order chi connectivity index (χ0) is 12.2. The highest BCUT2D eigenvalue weighted by Crippen LogP contribution is 2.21. The zero-order valence-corrected chi connectivity index (χ0v) is 8.85. The predicted molar refractivity (Wildman–Crippen MR) is 56.6 cm³/mol.